The maximum absolute atomic E-state index is 13.2. The number of nitrogens with one attached hydrogen (secondary N) is 1. The van der Waals surface area contributed by atoms with Crippen molar-refractivity contribution in [3.05, 3.63) is 27.4 Å². The summed E-state index contributed by atoms with van der Waals surface area (Å²) >= 11 is 8.91. The average Bonchev–Trinajstić information content (AvgIpc) is 2.73. The van der Waals surface area contributed by atoms with Gasteiger partial charge in [0.15, 0.2) is 0 Å². The number of nitrogens with two attached hydrogens (primary N) is 1. The quantitative estimate of drug-likeness (QED) is 0.837. The van der Waals surface area contributed by atoms with Gasteiger partial charge in [0, 0.05) is 10.5 Å². The van der Waals surface area contributed by atoms with Crippen LogP contribution in [-0.2, 0) is 10.0 Å². The first-order valence-electron chi connectivity index (χ1n) is 6.22. The third-order valence-electron chi connectivity index (χ3n) is 3.50. The number of sulfonamides is 1. The highest BCUT2D eigenvalue weighted by molar-refractivity contribution is 9.10. The molecule has 0 amide bonds. The molecule has 1 aromatic carbocycles. The van der Waals surface area contributed by atoms with Crippen LogP contribution in [0.1, 0.15) is 19.3 Å². The highest BCUT2D eigenvalue weighted by Crippen LogP contribution is 2.32. The predicted molar refractivity (Wildman–Crippen MR) is 79.6 cm³/mol. The number of halogens is 3. The fraction of sp³-hybridized carbons (Fsp3) is 0.500. The summed E-state index contributed by atoms with van der Waals surface area (Å²) in [4.78, 5) is -0.136. The molecule has 0 heterocycles. The van der Waals surface area contributed by atoms with E-state index >= 15 is 0 Å². The lowest BCUT2D eigenvalue weighted by Gasteiger charge is -2.20. The monoisotopic (exact) mass is 384 g/mol. The minimum Gasteiger partial charge on any atom is -0.330 e. The third-order valence-corrected chi connectivity index (χ3v) is 6.39. The van der Waals surface area contributed by atoms with Crippen LogP contribution in [0.3, 0.4) is 0 Å². The van der Waals surface area contributed by atoms with Crippen molar-refractivity contribution in [2.45, 2.75) is 30.2 Å². The van der Waals surface area contributed by atoms with E-state index in [1.807, 2.05) is 0 Å². The Morgan fingerprint density at radius 1 is 1.45 bits per heavy atom. The van der Waals surface area contributed by atoms with Gasteiger partial charge < -0.3 is 5.73 Å². The predicted octanol–water partition coefficient (Wildman–Crippen LogP) is 2.65. The first kappa shape index (κ1) is 16.2. The molecule has 112 valence electrons. The van der Waals surface area contributed by atoms with Gasteiger partial charge in [-0.15, -0.1) is 0 Å². The van der Waals surface area contributed by atoms with Crippen LogP contribution in [0.15, 0.2) is 21.5 Å². The van der Waals surface area contributed by atoms with Crippen molar-refractivity contribution in [2.75, 3.05) is 6.54 Å². The zero-order valence-electron chi connectivity index (χ0n) is 10.6. The van der Waals surface area contributed by atoms with Gasteiger partial charge >= 0.3 is 0 Å². The van der Waals surface area contributed by atoms with Crippen LogP contribution in [0.2, 0.25) is 5.02 Å². The molecular formula is C12H15BrClFN2O2S. The summed E-state index contributed by atoms with van der Waals surface area (Å²) in [5.74, 6) is -0.468. The summed E-state index contributed by atoms with van der Waals surface area (Å²) in [7, 11) is -3.82. The fourth-order valence-electron chi connectivity index (χ4n) is 2.52. The van der Waals surface area contributed by atoms with E-state index in [2.05, 4.69) is 20.7 Å². The summed E-state index contributed by atoms with van der Waals surface area (Å²) in [6.07, 6.45) is 2.59. The van der Waals surface area contributed by atoms with E-state index in [4.69, 9.17) is 17.3 Å². The van der Waals surface area contributed by atoms with Crippen LogP contribution < -0.4 is 10.5 Å². The molecule has 1 aromatic rings. The van der Waals surface area contributed by atoms with E-state index < -0.39 is 15.8 Å². The first-order chi connectivity index (χ1) is 9.35. The highest BCUT2D eigenvalue weighted by Gasteiger charge is 2.32. The van der Waals surface area contributed by atoms with E-state index in [0.717, 1.165) is 31.4 Å². The van der Waals surface area contributed by atoms with E-state index in [-0.39, 0.29) is 26.4 Å². The Kier molecular flexibility index (Phi) is 5.07. The summed E-state index contributed by atoms with van der Waals surface area (Å²) in [6, 6.07) is 1.86. The van der Waals surface area contributed by atoms with E-state index in [1.165, 1.54) is 0 Å². The average molecular weight is 386 g/mol. The van der Waals surface area contributed by atoms with Gasteiger partial charge in [0.25, 0.3) is 0 Å². The summed E-state index contributed by atoms with van der Waals surface area (Å²) in [5.41, 5.74) is 5.64. The molecule has 0 aromatic heterocycles. The minimum atomic E-state index is -3.82. The van der Waals surface area contributed by atoms with Crippen LogP contribution in [-0.4, -0.2) is 21.0 Å². The standard InChI is InChI=1S/C12H15BrClFN2O2S/c13-9-4-8(15)5-10(14)12(9)20(18,19)17-11-3-1-2-7(11)6-16/h4-5,7,11,17H,1-3,6,16H2. The van der Waals surface area contributed by atoms with Crippen LogP contribution in [0.5, 0.6) is 0 Å². The minimum absolute atomic E-state index is 0.109. The number of hydrogen-bond acceptors (Lipinski definition) is 3. The van der Waals surface area contributed by atoms with Gasteiger partial charge in [-0.3, -0.25) is 0 Å². The van der Waals surface area contributed by atoms with Gasteiger partial charge in [-0.2, -0.15) is 0 Å². The molecule has 0 saturated heterocycles. The van der Waals surface area contributed by atoms with Crippen LogP contribution >= 0.6 is 27.5 Å². The van der Waals surface area contributed by atoms with Crippen molar-refractivity contribution >= 4 is 37.6 Å². The molecule has 0 radical (unpaired) electrons. The van der Waals surface area contributed by atoms with Gasteiger partial charge in [0.1, 0.15) is 10.7 Å². The second-order valence-corrected chi connectivity index (χ2v) is 7.77. The molecule has 0 spiro atoms. The molecule has 1 aliphatic carbocycles. The maximum Gasteiger partial charge on any atom is 0.243 e. The zero-order chi connectivity index (χ0) is 14.9. The molecule has 0 aliphatic heterocycles. The number of benzene rings is 1. The Hall–Kier alpha value is -0.210. The topological polar surface area (TPSA) is 72.2 Å². The summed E-state index contributed by atoms with van der Waals surface area (Å²) in [5, 5.41) is -0.147. The normalized spacial score (nSPS) is 23.2. The van der Waals surface area contributed by atoms with Crippen molar-refractivity contribution in [3.63, 3.8) is 0 Å². The Morgan fingerprint density at radius 2 is 2.15 bits per heavy atom. The molecule has 8 heteroatoms. The molecule has 4 nitrogen and oxygen atoms in total. The fourth-order valence-corrected chi connectivity index (χ4v) is 5.67. The van der Waals surface area contributed by atoms with Crippen LogP contribution in [0.4, 0.5) is 4.39 Å². The lowest BCUT2D eigenvalue weighted by molar-refractivity contribution is 0.452. The SMILES string of the molecule is NCC1CCCC1NS(=O)(=O)c1c(Cl)cc(F)cc1Br. The zero-order valence-corrected chi connectivity index (χ0v) is 13.7. The van der Waals surface area contributed by atoms with Crippen LogP contribution in [0, 0.1) is 11.7 Å². The Bertz CT molecular complexity index is 588. The molecule has 2 rings (SSSR count). The third kappa shape index (κ3) is 3.33. The molecule has 1 fully saturated rings. The maximum atomic E-state index is 13.2. The smallest absolute Gasteiger partial charge is 0.243 e. The number of hydrogen-bond donors (Lipinski definition) is 2. The van der Waals surface area contributed by atoms with Crippen molar-refractivity contribution in [2.24, 2.45) is 11.7 Å². The molecule has 0 bridgehead atoms. The Morgan fingerprint density at radius 3 is 2.75 bits per heavy atom. The first-order valence-corrected chi connectivity index (χ1v) is 8.87. The van der Waals surface area contributed by atoms with E-state index in [9.17, 15) is 12.8 Å². The van der Waals surface area contributed by atoms with Crippen molar-refractivity contribution in [3.8, 4) is 0 Å². The second kappa shape index (κ2) is 6.27. The molecular weight excluding hydrogens is 371 g/mol. The molecule has 2 unspecified atom stereocenters. The lowest BCUT2D eigenvalue weighted by atomic mass is 10.1. The highest BCUT2D eigenvalue weighted by atomic mass is 79.9. The van der Waals surface area contributed by atoms with Gasteiger partial charge in [0.05, 0.1) is 5.02 Å². The lowest BCUT2D eigenvalue weighted by Crippen LogP contribution is -2.40. The second-order valence-electron chi connectivity index (χ2n) is 4.85. The van der Waals surface area contributed by atoms with Crippen molar-refractivity contribution < 1.29 is 12.8 Å². The Labute approximate surface area is 131 Å². The molecule has 20 heavy (non-hydrogen) atoms. The summed E-state index contributed by atoms with van der Waals surface area (Å²) < 4.78 is 40.7. The van der Waals surface area contributed by atoms with Crippen molar-refractivity contribution in [1.82, 2.24) is 4.72 Å². The molecule has 1 saturated carbocycles. The van der Waals surface area contributed by atoms with Crippen LogP contribution in [0.25, 0.3) is 0 Å². The number of rotatable bonds is 4. The van der Waals surface area contributed by atoms with Crippen molar-refractivity contribution in [1.29, 1.82) is 0 Å². The van der Waals surface area contributed by atoms with E-state index in [1.54, 1.807) is 0 Å². The summed E-state index contributed by atoms with van der Waals surface area (Å²) in [6.45, 7) is 0.436. The van der Waals surface area contributed by atoms with Gasteiger partial charge in [-0.1, -0.05) is 18.0 Å². The molecule has 3 N–H and O–H groups in total. The molecule has 2 atom stereocenters. The van der Waals surface area contributed by atoms with Gasteiger partial charge in [-0.25, -0.2) is 17.5 Å². The Balaban J connectivity index is 2.32. The van der Waals surface area contributed by atoms with Gasteiger partial charge in [0.2, 0.25) is 10.0 Å². The molecule has 1 aliphatic rings. The van der Waals surface area contributed by atoms with Gasteiger partial charge in [-0.05, 0) is 53.4 Å². The largest absolute Gasteiger partial charge is 0.330 e. The van der Waals surface area contributed by atoms with E-state index in [0.29, 0.717) is 6.54 Å².